The number of nitrogens with zero attached hydrogens (tertiary/aromatic N) is 3. The average Bonchev–Trinajstić information content (AvgIpc) is 3.22. The van der Waals surface area contributed by atoms with Crippen molar-refractivity contribution in [2.75, 3.05) is 13.1 Å². The number of carboxylic acids is 1. The average molecular weight is 464 g/mol. The molecule has 170 valence electrons. The van der Waals surface area contributed by atoms with Crippen LogP contribution in [0.1, 0.15) is 40.9 Å². The van der Waals surface area contributed by atoms with Gasteiger partial charge < -0.3 is 20.6 Å². The summed E-state index contributed by atoms with van der Waals surface area (Å²) in [4.78, 5) is 31.1. The van der Waals surface area contributed by atoms with E-state index in [0.29, 0.717) is 31.5 Å². The van der Waals surface area contributed by atoms with E-state index in [1.54, 1.807) is 11.0 Å². The Labute approximate surface area is 196 Å². The van der Waals surface area contributed by atoms with Gasteiger partial charge in [0.1, 0.15) is 0 Å². The number of likely N-dealkylation sites (tertiary alicyclic amines) is 1. The minimum atomic E-state index is -0.802. The van der Waals surface area contributed by atoms with Crippen molar-refractivity contribution in [2.24, 2.45) is 5.92 Å². The fourth-order valence-corrected chi connectivity index (χ4v) is 5.26. The molecule has 8 nitrogen and oxygen atoms in total. The van der Waals surface area contributed by atoms with Gasteiger partial charge in [0.2, 0.25) is 0 Å². The number of urea groups is 1. The lowest BCUT2D eigenvalue weighted by molar-refractivity contribution is -0.143. The molecular formula is C24H25N5O3S. The van der Waals surface area contributed by atoms with Crippen molar-refractivity contribution in [1.82, 2.24) is 20.5 Å². The minimum Gasteiger partial charge on any atom is -0.481 e. The summed E-state index contributed by atoms with van der Waals surface area (Å²) >= 11 is 1.50. The van der Waals surface area contributed by atoms with E-state index in [1.165, 1.54) is 11.8 Å². The van der Waals surface area contributed by atoms with Crippen LogP contribution in [0.15, 0.2) is 36.4 Å². The second-order valence-corrected chi connectivity index (χ2v) is 9.34. The van der Waals surface area contributed by atoms with Gasteiger partial charge in [0, 0.05) is 34.9 Å². The van der Waals surface area contributed by atoms with E-state index in [4.69, 9.17) is 0 Å². The normalized spacial score (nSPS) is 18.6. The molecule has 1 atom stereocenters. The van der Waals surface area contributed by atoms with Gasteiger partial charge in [-0.15, -0.1) is 0 Å². The Bertz CT molecular complexity index is 1140. The molecule has 1 aromatic heterocycles. The lowest BCUT2D eigenvalue weighted by Crippen LogP contribution is -2.50. The van der Waals surface area contributed by atoms with Crippen LogP contribution in [0.2, 0.25) is 0 Å². The van der Waals surface area contributed by atoms with Crippen LogP contribution in [-0.2, 0) is 4.79 Å². The molecule has 1 aromatic carbocycles. The molecule has 1 fully saturated rings. The van der Waals surface area contributed by atoms with Crippen molar-refractivity contribution in [3.63, 3.8) is 0 Å². The Kier molecular flexibility index (Phi) is 6.56. The number of piperidine rings is 1. The predicted molar refractivity (Wildman–Crippen MR) is 127 cm³/mol. The zero-order valence-electron chi connectivity index (χ0n) is 18.5. The summed E-state index contributed by atoms with van der Waals surface area (Å²) in [6, 6.07) is 13.3. The number of nitrogens with one attached hydrogen (secondary N) is 2. The molecule has 2 aliphatic heterocycles. The Balaban J connectivity index is 1.56. The van der Waals surface area contributed by atoms with Crippen LogP contribution in [0.25, 0.3) is 10.6 Å². The Morgan fingerprint density at radius 3 is 2.52 bits per heavy atom. The second-order valence-electron chi connectivity index (χ2n) is 8.23. The number of benzene rings is 1. The number of amides is 2. The summed E-state index contributed by atoms with van der Waals surface area (Å²) in [6.45, 7) is 4.72. The van der Waals surface area contributed by atoms with Gasteiger partial charge in [-0.05, 0) is 56.5 Å². The van der Waals surface area contributed by atoms with Crippen LogP contribution in [0.5, 0.6) is 0 Å². The number of carboxylic acid groups (broad SMARTS) is 1. The van der Waals surface area contributed by atoms with Gasteiger partial charge in [-0.25, -0.2) is 4.79 Å². The number of hydrogen-bond donors (Lipinski definition) is 3. The number of rotatable bonds is 4. The first-order valence-electron chi connectivity index (χ1n) is 10.8. The van der Waals surface area contributed by atoms with E-state index in [1.807, 2.05) is 44.2 Å². The first kappa shape index (κ1) is 22.7. The molecule has 3 N–H and O–H groups in total. The van der Waals surface area contributed by atoms with Gasteiger partial charge >= 0.3 is 12.0 Å². The summed E-state index contributed by atoms with van der Waals surface area (Å²) in [7, 11) is 0. The molecule has 9 heteroatoms. The van der Waals surface area contributed by atoms with Gasteiger partial charge in [-0.3, -0.25) is 9.78 Å². The maximum absolute atomic E-state index is 12.9. The van der Waals surface area contributed by atoms with E-state index in [-0.39, 0.29) is 6.03 Å². The fourth-order valence-electron chi connectivity index (χ4n) is 4.14. The van der Waals surface area contributed by atoms with Crippen LogP contribution >= 0.6 is 11.8 Å². The van der Waals surface area contributed by atoms with Gasteiger partial charge in [-0.1, -0.05) is 23.9 Å². The van der Waals surface area contributed by atoms with Crippen molar-refractivity contribution in [3.8, 4) is 6.07 Å². The van der Waals surface area contributed by atoms with Crippen LogP contribution in [0.3, 0.4) is 0 Å². The molecule has 0 aliphatic carbocycles. The molecule has 2 aliphatic rings. The van der Waals surface area contributed by atoms with E-state index in [9.17, 15) is 20.0 Å². The highest BCUT2D eigenvalue weighted by atomic mass is 32.2. The highest BCUT2D eigenvalue weighted by Gasteiger charge is 2.31. The minimum absolute atomic E-state index is 0.225. The number of carbonyl (C=O) groups is 2. The van der Waals surface area contributed by atoms with Crippen molar-refractivity contribution >= 4 is 34.4 Å². The van der Waals surface area contributed by atoms with Crippen molar-refractivity contribution < 1.29 is 14.7 Å². The van der Waals surface area contributed by atoms with Crippen molar-refractivity contribution in [2.45, 2.75) is 32.2 Å². The Morgan fingerprint density at radius 1 is 1.18 bits per heavy atom. The van der Waals surface area contributed by atoms with E-state index in [0.717, 1.165) is 33.1 Å². The summed E-state index contributed by atoms with van der Waals surface area (Å²) in [6.07, 6.45) is 0.915. The maximum atomic E-state index is 12.9. The van der Waals surface area contributed by atoms with Gasteiger partial charge in [-0.2, -0.15) is 5.26 Å². The molecule has 3 heterocycles. The largest absolute Gasteiger partial charge is 0.481 e. The number of hydrogen-bond acceptors (Lipinski definition) is 6. The number of aliphatic carboxylic acids is 1. The second kappa shape index (κ2) is 9.55. The number of pyridine rings is 1. The molecule has 2 aromatic rings. The van der Waals surface area contributed by atoms with Gasteiger partial charge in [0.15, 0.2) is 5.50 Å². The molecule has 33 heavy (non-hydrogen) atoms. The van der Waals surface area contributed by atoms with Crippen molar-refractivity contribution in [1.29, 1.82) is 5.26 Å². The molecule has 1 unspecified atom stereocenters. The lowest BCUT2D eigenvalue weighted by atomic mass is 9.97. The van der Waals surface area contributed by atoms with Crippen LogP contribution in [0, 0.1) is 31.1 Å². The summed E-state index contributed by atoms with van der Waals surface area (Å²) in [5, 5.41) is 24.9. The molecule has 4 rings (SSSR count). The van der Waals surface area contributed by atoms with Crippen molar-refractivity contribution in [3.05, 3.63) is 64.5 Å². The van der Waals surface area contributed by atoms with E-state index >= 15 is 0 Å². The lowest BCUT2D eigenvalue weighted by Gasteiger charge is -2.31. The summed E-state index contributed by atoms with van der Waals surface area (Å²) in [5.74, 6) is -1.19. The smallest absolute Gasteiger partial charge is 0.319 e. The zero-order valence-corrected chi connectivity index (χ0v) is 19.3. The molecule has 0 bridgehead atoms. The Hall–Kier alpha value is -3.51. The summed E-state index contributed by atoms with van der Waals surface area (Å²) < 4.78 is 0. The molecular weight excluding hydrogens is 438 g/mol. The number of nitriles is 1. The van der Waals surface area contributed by atoms with E-state index in [2.05, 4.69) is 21.7 Å². The first-order chi connectivity index (χ1) is 15.8. The monoisotopic (exact) mass is 463 g/mol. The topological polar surface area (TPSA) is 118 Å². The zero-order chi connectivity index (χ0) is 23.5. The third-order valence-corrected chi connectivity index (χ3v) is 6.90. The van der Waals surface area contributed by atoms with Crippen LogP contribution in [0.4, 0.5) is 4.79 Å². The highest BCUT2D eigenvalue weighted by molar-refractivity contribution is 8.09. The Morgan fingerprint density at radius 2 is 1.88 bits per heavy atom. The molecule has 1 saturated heterocycles. The first-order valence-corrected chi connectivity index (χ1v) is 11.6. The third kappa shape index (κ3) is 5.12. The number of carbonyl (C=O) groups excluding carboxylic acids is 1. The maximum Gasteiger partial charge on any atom is 0.319 e. The van der Waals surface area contributed by atoms with Crippen LogP contribution < -0.4 is 10.6 Å². The quantitative estimate of drug-likeness (QED) is 0.635. The highest BCUT2D eigenvalue weighted by Crippen LogP contribution is 2.42. The fraction of sp³-hybridized carbons (Fsp3) is 0.333. The third-order valence-electron chi connectivity index (χ3n) is 5.75. The number of aromatic nitrogens is 1. The predicted octanol–water partition coefficient (Wildman–Crippen LogP) is 3.52. The van der Waals surface area contributed by atoms with Crippen LogP contribution in [-0.4, -0.2) is 45.6 Å². The molecule has 2 amide bonds. The van der Waals surface area contributed by atoms with Gasteiger partial charge in [0.05, 0.1) is 23.2 Å². The van der Waals surface area contributed by atoms with Gasteiger partial charge in [0.25, 0.3) is 0 Å². The standard InChI is InChI=1S/C24H25N5O3S/c1-14-10-19(11-15(2)26-14)21-20(18-5-3-4-16(12-18)13-25)27-23(33-21)28-24(32)29-8-6-17(7-9-29)22(30)31/h3-5,10-12,17,23,27H,6-9H2,1-2H3,(H,28,32)(H,30,31). The summed E-state index contributed by atoms with van der Waals surface area (Å²) in [5.41, 5.74) is 4.66. The molecule has 0 spiro atoms. The molecule has 0 saturated carbocycles. The number of thioether (sulfide) groups is 1. The molecule has 0 radical (unpaired) electrons. The van der Waals surface area contributed by atoms with E-state index < -0.39 is 17.4 Å². The SMILES string of the molecule is Cc1cc(C2=C(c3cccc(C#N)c3)NC(NC(=O)N3CCC(C(=O)O)CC3)S2)cc(C)n1. The number of aryl methyl sites for hydroxylation is 2.